The molecule has 2 heteroatoms. The zero-order valence-electron chi connectivity index (χ0n) is 15.9. The summed E-state index contributed by atoms with van der Waals surface area (Å²) in [4.78, 5) is 0. The minimum atomic E-state index is 0.433. The predicted molar refractivity (Wildman–Crippen MR) is 106 cm³/mol. The van der Waals surface area contributed by atoms with Gasteiger partial charge < -0.3 is 0 Å². The third kappa shape index (κ3) is 2.75. The van der Waals surface area contributed by atoms with Crippen molar-refractivity contribution in [1.29, 1.82) is 10.5 Å². The highest BCUT2D eigenvalue weighted by atomic mass is 14.3. The Morgan fingerprint density at radius 2 is 1.58 bits per heavy atom. The van der Waals surface area contributed by atoms with Gasteiger partial charge in [0.05, 0.1) is 11.1 Å². The molecule has 0 aliphatic heterocycles. The second kappa shape index (κ2) is 6.66. The molecule has 0 amide bonds. The lowest BCUT2D eigenvalue weighted by molar-refractivity contribution is 0.791. The van der Waals surface area contributed by atoms with Crippen molar-refractivity contribution in [3.8, 4) is 12.1 Å². The van der Waals surface area contributed by atoms with Crippen LogP contribution in [0.1, 0.15) is 44.4 Å². The fourth-order valence-electron chi connectivity index (χ4n) is 3.62. The van der Waals surface area contributed by atoms with Gasteiger partial charge in [-0.3, -0.25) is 0 Å². The van der Waals surface area contributed by atoms with Crippen LogP contribution < -0.4 is 10.4 Å². The molecule has 0 aromatic heterocycles. The van der Waals surface area contributed by atoms with Crippen molar-refractivity contribution in [1.82, 2.24) is 0 Å². The number of hydrogen-bond donors (Lipinski definition) is 0. The Labute approximate surface area is 155 Å². The molecule has 1 aromatic carbocycles. The Balaban J connectivity index is 2.56. The van der Waals surface area contributed by atoms with E-state index in [-0.39, 0.29) is 0 Å². The average molecular weight is 338 g/mol. The van der Waals surface area contributed by atoms with Crippen LogP contribution in [0.4, 0.5) is 0 Å². The third-order valence-electron chi connectivity index (χ3n) is 5.22. The molecule has 2 aliphatic carbocycles. The van der Waals surface area contributed by atoms with Crippen molar-refractivity contribution in [3.05, 3.63) is 79.8 Å². The Hall–Kier alpha value is -3.10. The van der Waals surface area contributed by atoms with Gasteiger partial charge >= 0.3 is 0 Å². The van der Waals surface area contributed by atoms with Gasteiger partial charge in [0.15, 0.2) is 0 Å². The number of hydrogen-bond acceptors (Lipinski definition) is 2. The van der Waals surface area contributed by atoms with E-state index in [1.165, 1.54) is 22.3 Å². The summed E-state index contributed by atoms with van der Waals surface area (Å²) in [5.74, 6) is 0.433. The van der Waals surface area contributed by atoms with Crippen LogP contribution in [0.15, 0.2) is 52.7 Å². The quantitative estimate of drug-likeness (QED) is 0.774. The van der Waals surface area contributed by atoms with Crippen LogP contribution in [0.5, 0.6) is 0 Å². The molecule has 0 saturated heterocycles. The molecule has 2 nitrogen and oxygen atoms in total. The lowest BCUT2D eigenvalue weighted by Crippen LogP contribution is -2.31. The van der Waals surface area contributed by atoms with Gasteiger partial charge in [0, 0.05) is 0 Å². The summed E-state index contributed by atoms with van der Waals surface area (Å²) in [6.07, 6.45) is 10.8. The summed E-state index contributed by atoms with van der Waals surface area (Å²) in [6.45, 7) is 10.6. The number of nitriles is 2. The standard InChI is InChI=1S/C24H22N2/c1-14(2)18-8-6-16(4)24-21(10-18)15(3)7-9-20-17(5)23(13-26)19(12-25)11-22(20)24/h6-11,14H,1-5H3. The molecule has 0 atom stereocenters. The SMILES string of the molecule is CC1=CC=c2c(C)c(C#N)c(C#N)cc2=C2C(C)=CC=C(C(C)C)C=C12. The van der Waals surface area contributed by atoms with Gasteiger partial charge in [-0.05, 0) is 76.6 Å². The first-order chi connectivity index (χ1) is 12.4. The molecular formula is C24H22N2. The molecule has 0 radical (unpaired) electrons. The largest absolute Gasteiger partial charge is 0.192 e. The molecule has 0 fully saturated rings. The molecule has 2 aliphatic rings. The van der Waals surface area contributed by atoms with Crippen LogP contribution in [-0.4, -0.2) is 0 Å². The van der Waals surface area contributed by atoms with E-state index < -0.39 is 0 Å². The Kier molecular flexibility index (Phi) is 4.54. The van der Waals surface area contributed by atoms with E-state index >= 15 is 0 Å². The average Bonchev–Trinajstić information content (AvgIpc) is 2.86. The molecule has 1 aromatic rings. The number of rotatable bonds is 1. The Bertz CT molecular complexity index is 1130. The number of nitrogens with zero attached hydrogens (tertiary/aromatic N) is 2. The van der Waals surface area contributed by atoms with Crippen LogP contribution in [0.25, 0.3) is 11.6 Å². The van der Waals surface area contributed by atoms with Gasteiger partial charge in [-0.2, -0.15) is 10.5 Å². The Morgan fingerprint density at radius 1 is 0.885 bits per heavy atom. The highest BCUT2D eigenvalue weighted by molar-refractivity contribution is 5.86. The minimum absolute atomic E-state index is 0.433. The van der Waals surface area contributed by atoms with Gasteiger partial charge in [-0.25, -0.2) is 0 Å². The lowest BCUT2D eigenvalue weighted by Gasteiger charge is -2.14. The number of benzene rings is 1. The molecule has 0 N–H and O–H groups in total. The zero-order valence-corrected chi connectivity index (χ0v) is 15.9. The summed E-state index contributed by atoms with van der Waals surface area (Å²) >= 11 is 0. The van der Waals surface area contributed by atoms with Crippen molar-refractivity contribution in [2.45, 2.75) is 34.6 Å². The van der Waals surface area contributed by atoms with E-state index in [1.807, 2.05) is 13.0 Å². The van der Waals surface area contributed by atoms with Gasteiger partial charge in [0.2, 0.25) is 0 Å². The third-order valence-corrected chi connectivity index (χ3v) is 5.22. The molecule has 0 bridgehead atoms. The summed E-state index contributed by atoms with van der Waals surface area (Å²) in [7, 11) is 0. The van der Waals surface area contributed by atoms with Crippen molar-refractivity contribution < 1.29 is 0 Å². The maximum atomic E-state index is 9.56. The Morgan fingerprint density at radius 3 is 2.19 bits per heavy atom. The fourth-order valence-corrected chi connectivity index (χ4v) is 3.62. The van der Waals surface area contributed by atoms with Gasteiger partial charge in [0.1, 0.15) is 12.1 Å². The monoisotopic (exact) mass is 338 g/mol. The van der Waals surface area contributed by atoms with Crippen molar-refractivity contribution in [2.24, 2.45) is 5.92 Å². The summed E-state index contributed by atoms with van der Waals surface area (Å²) < 4.78 is 0. The zero-order chi connectivity index (χ0) is 19.0. The molecule has 128 valence electrons. The van der Waals surface area contributed by atoms with Crippen LogP contribution in [0.3, 0.4) is 0 Å². The van der Waals surface area contributed by atoms with E-state index in [0.717, 1.165) is 21.6 Å². The topological polar surface area (TPSA) is 47.6 Å². The van der Waals surface area contributed by atoms with Crippen LogP contribution in [0, 0.1) is 35.5 Å². The maximum Gasteiger partial charge on any atom is 0.101 e. The minimum Gasteiger partial charge on any atom is -0.192 e. The van der Waals surface area contributed by atoms with Crippen molar-refractivity contribution >= 4 is 11.6 Å². The summed E-state index contributed by atoms with van der Waals surface area (Å²) in [6, 6.07) is 6.29. The molecule has 0 spiro atoms. The van der Waals surface area contributed by atoms with Crippen molar-refractivity contribution in [3.63, 3.8) is 0 Å². The number of allylic oxidation sites excluding steroid dienone is 8. The van der Waals surface area contributed by atoms with E-state index in [0.29, 0.717) is 17.0 Å². The molecular weight excluding hydrogens is 316 g/mol. The van der Waals surface area contributed by atoms with E-state index in [9.17, 15) is 10.5 Å². The fraction of sp³-hybridized carbons (Fsp3) is 0.250. The first-order valence-electron chi connectivity index (χ1n) is 8.87. The number of fused-ring (bicyclic) bond motifs is 2. The van der Waals surface area contributed by atoms with Gasteiger partial charge in [-0.1, -0.05) is 44.2 Å². The first-order valence-corrected chi connectivity index (χ1v) is 8.87. The predicted octanol–water partition coefficient (Wildman–Crippen LogP) is 4.10. The maximum absolute atomic E-state index is 9.56. The molecule has 3 rings (SSSR count). The highest BCUT2D eigenvalue weighted by Crippen LogP contribution is 2.32. The second-order valence-electron chi connectivity index (χ2n) is 7.23. The lowest BCUT2D eigenvalue weighted by atomic mass is 9.89. The van der Waals surface area contributed by atoms with E-state index in [2.05, 4.69) is 70.2 Å². The normalized spacial score (nSPS) is 15.8. The van der Waals surface area contributed by atoms with Crippen LogP contribution in [0.2, 0.25) is 0 Å². The molecule has 0 unspecified atom stereocenters. The van der Waals surface area contributed by atoms with Crippen LogP contribution in [-0.2, 0) is 0 Å². The second-order valence-corrected chi connectivity index (χ2v) is 7.23. The van der Waals surface area contributed by atoms with E-state index in [4.69, 9.17) is 0 Å². The highest BCUT2D eigenvalue weighted by Gasteiger charge is 2.19. The van der Waals surface area contributed by atoms with Gasteiger partial charge in [0.25, 0.3) is 0 Å². The van der Waals surface area contributed by atoms with E-state index in [1.54, 1.807) is 0 Å². The molecule has 26 heavy (non-hydrogen) atoms. The summed E-state index contributed by atoms with van der Waals surface area (Å²) in [5, 5.41) is 21.1. The summed E-state index contributed by atoms with van der Waals surface area (Å²) in [5.41, 5.74) is 7.77. The smallest absolute Gasteiger partial charge is 0.101 e. The van der Waals surface area contributed by atoms with Crippen LogP contribution >= 0.6 is 0 Å². The first kappa shape index (κ1) is 17.7. The molecule has 0 heterocycles. The molecule has 0 saturated carbocycles. The van der Waals surface area contributed by atoms with Gasteiger partial charge in [-0.15, -0.1) is 0 Å². The van der Waals surface area contributed by atoms with Crippen molar-refractivity contribution in [2.75, 3.05) is 0 Å².